The third-order valence-electron chi connectivity index (χ3n) is 3.94. The number of likely N-dealkylation sites (N-methyl/N-ethyl adjacent to an activating group) is 1. The number of anilines is 1. The van der Waals surface area contributed by atoms with Crippen molar-refractivity contribution in [1.29, 1.82) is 0 Å². The average molecular weight is 275 g/mol. The first-order valence-electron chi connectivity index (χ1n) is 7.44. The number of amides is 1. The molecule has 4 heteroatoms. The predicted octanol–water partition coefficient (Wildman–Crippen LogP) is 1.63. The number of hydrogen-bond acceptors (Lipinski definition) is 3. The van der Waals surface area contributed by atoms with Gasteiger partial charge in [0.2, 0.25) is 5.91 Å². The monoisotopic (exact) mass is 275 g/mol. The fourth-order valence-electron chi connectivity index (χ4n) is 2.67. The lowest BCUT2D eigenvalue weighted by molar-refractivity contribution is -0.125. The maximum absolute atomic E-state index is 12.1. The Hall–Kier alpha value is -1.55. The first-order chi connectivity index (χ1) is 9.66. The lowest BCUT2D eigenvalue weighted by atomic mass is 9.92. The number of rotatable bonds is 5. The predicted molar refractivity (Wildman–Crippen MR) is 82.9 cm³/mol. The molecule has 1 aliphatic heterocycles. The summed E-state index contributed by atoms with van der Waals surface area (Å²) in [7, 11) is 2.05. The zero-order valence-electron chi connectivity index (χ0n) is 12.4. The standard InChI is InChI=1S/C16H25N3O/c1-13-12-14(8-9-17-13)16(20)18-10-11-19(2)15-6-4-3-5-7-15/h3-7,13-14,17H,8-12H2,1-2H3,(H,18,20). The van der Waals surface area contributed by atoms with Crippen molar-refractivity contribution in [3.8, 4) is 0 Å². The van der Waals surface area contributed by atoms with Gasteiger partial charge in [-0.05, 0) is 38.4 Å². The Labute approximate surface area is 121 Å². The van der Waals surface area contributed by atoms with Crippen molar-refractivity contribution in [3.63, 3.8) is 0 Å². The van der Waals surface area contributed by atoms with Crippen molar-refractivity contribution in [2.24, 2.45) is 5.92 Å². The lowest BCUT2D eigenvalue weighted by Gasteiger charge is -2.27. The smallest absolute Gasteiger partial charge is 0.223 e. The summed E-state index contributed by atoms with van der Waals surface area (Å²) in [5, 5.41) is 6.44. The molecule has 0 aromatic heterocycles. The van der Waals surface area contributed by atoms with Crippen LogP contribution in [0.2, 0.25) is 0 Å². The molecule has 0 bridgehead atoms. The number of nitrogens with zero attached hydrogens (tertiary/aromatic N) is 1. The minimum atomic E-state index is 0.174. The largest absolute Gasteiger partial charge is 0.373 e. The lowest BCUT2D eigenvalue weighted by Crippen LogP contribution is -2.43. The Morgan fingerprint density at radius 1 is 1.40 bits per heavy atom. The Kier molecular flexibility index (Phi) is 5.41. The van der Waals surface area contributed by atoms with E-state index in [1.165, 1.54) is 5.69 Å². The van der Waals surface area contributed by atoms with Gasteiger partial charge in [0.1, 0.15) is 0 Å². The van der Waals surface area contributed by atoms with E-state index >= 15 is 0 Å². The highest BCUT2D eigenvalue weighted by Gasteiger charge is 2.24. The zero-order chi connectivity index (χ0) is 14.4. The van der Waals surface area contributed by atoms with Crippen molar-refractivity contribution in [1.82, 2.24) is 10.6 Å². The molecule has 2 rings (SSSR count). The number of hydrogen-bond donors (Lipinski definition) is 2. The summed E-state index contributed by atoms with van der Waals surface area (Å²) in [5.74, 6) is 0.382. The van der Waals surface area contributed by atoms with Gasteiger partial charge < -0.3 is 15.5 Å². The van der Waals surface area contributed by atoms with Crippen LogP contribution in [0.1, 0.15) is 19.8 Å². The SMILES string of the molecule is CC1CC(C(=O)NCCN(C)c2ccccc2)CCN1. The molecule has 0 saturated carbocycles. The average Bonchev–Trinajstić information content (AvgIpc) is 2.48. The van der Waals surface area contributed by atoms with Gasteiger partial charge in [-0.3, -0.25) is 4.79 Å². The molecule has 4 nitrogen and oxygen atoms in total. The van der Waals surface area contributed by atoms with Crippen molar-refractivity contribution < 1.29 is 4.79 Å². The van der Waals surface area contributed by atoms with Crippen molar-refractivity contribution >= 4 is 11.6 Å². The normalized spacial score (nSPS) is 22.3. The second-order valence-corrected chi connectivity index (χ2v) is 5.62. The Morgan fingerprint density at radius 3 is 2.85 bits per heavy atom. The Morgan fingerprint density at radius 2 is 2.15 bits per heavy atom. The van der Waals surface area contributed by atoms with Crippen molar-refractivity contribution in [2.45, 2.75) is 25.8 Å². The zero-order valence-corrected chi connectivity index (χ0v) is 12.4. The van der Waals surface area contributed by atoms with Crippen LogP contribution >= 0.6 is 0 Å². The Bertz CT molecular complexity index is 421. The summed E-state index contributed by atoms with van der Waals surface area (Å²) in [4.78, 5) is 14.3. The highest BCUT2D eigenvalue weighted by molar-refractivity contribution is 5.78. The maximum Gasteiger partial charge on any atom is 0.223 e. The van der Waals surface area contributed by atoms with Gasteiger partial charge in [0.15, 0.2) is 0 Å². The van der Waals surface area contributed by atoms with Gasteiger partial charge in [-0.1, -0.05) is 18.2 Å². The molecule has 1 amide bonds. The molecule has 0 spiro atoms. The summed E-state index contributed by atoms with van der Waals surface area (Å²) in [6, 6.07) is 10.7. The molecule has 1 aromatic carbocycles. The van der Waals surface area contributed by atoms with Gasteiger partial charge in [-0.15, -0.1) is 0 Å². The van der Waals surface area contributed by atoms with E-state index in [0.717, 1.165) is 25.9 Å². The topological polar surface area (TPSA) is 44.4 Å². The number of carbonyl (C=O) groups excluding carboxylic acids is 1. The highest BCUT2D eigenvalue weighted by Crippen LogP contribution is 2.16. The van der Waals surface area contributed by atoms with Gasteiger partial charge in [0.25, 0.3) is 0 Å². The van der Waals surface area contributed by atoms with E-state index in [9.17, 15) is 4.79 Å². The van der Waals surface area contributed by atoms with E-state index in [2.05, 4.69) is 34.6 Å². The van der Waals surface area contributed by atoms with E-state index in [1.807, 2.05) is 25.2 Å². The van der Waals surface area contributed by atoms with Crippen molar-refractivity contribution in [2.75, 3.05) is 31.6 Å². The second kappa shape index (κ2) is 7.29. The maximum atomic E-state index is 12.1. The molecule has 110 valence electrons. The van der Waals surface area contributed by atoms with Gasteiger partial charge in [0.05, 0.1) is 0 Å². The number of para-hydroxylation sites is 1. The van der Waals surface area contributed by atoms with E-state index in [-0.39, 0.29) is 11.8 Å². The van der Waals surface area contributed by atoms with Gasteiger partial charge in [0, 0.05) is 37.8 Å². The van der Waals surface area contributed by atoms with Crippen LogP contribution in [0, 0.1) is 5.92 Å². The minimum Gasteiger partial charge on any atom is -0.373 e. The van der Waals surface area contributed by atoms with Crippen LogP contribution in [-0.4, -0.2) is 38.6 Å². The second-order valence-electron chi connectivity index (χ2n) is 5.62. The summed E-state index contributed by atoms with van der Waals surface area (Å²) < 4.78 is 0. The first-order valence-corrected chi connectivity index (χ1v) is 7.44. The molecule has 1 aromatic rings. The molecule has 2 atom stereocenters. The van der Waals surface area contributed by atoms with Crippen LogP contribution in [0.5, 0.6) is 0 Å². The quantitative estimate of drug-likeness (QED) is 0.858. The van der Waals surface area contributed by atoms with Crippen molar-refractivity contribution in [3.05, 3.63) is 30.3 Å². The summed E-state index contributed by atoms with van der Waals surface area (Å²) in [5.41, 5.74) is 1.18. The highest BCUT2D eigenvalue weighted by atomic mass is 16.1. The molecule has 0 aliphatic carbocycles. The molecular weight excluding hydrogens is 250 g/mol. The van der Waals surface area contributed by atoms with E-state index in [1.54, 1.807) is 0 Å². The number of nitrogens with one attached hydrogen (secondary N) is 2. The van der Waals surface area contributed by atoms with Gasteiger partial charge in [-0.25, -0.2) is 0 Å². The molecule has 1 saturated heterocycles. The number of piperidine rings is 1. The Balaban J connectivity index is 1.71. The van der Waals surface area contributed by atoms with E-state index in [0.29, 0.717) is 12.6 Å². The van der Waals surface area contributed by atoms with Gasteiger partial charge in [-0.2, -0.15) is 0 Å². The molecule has 0 radical (unpaired) electrons. The van der Waals surface area contributed by atoms with Crippen LogP contribution in [0.15, 0.2) is 30.3 Å². The molecular formula is C16H25N3O. The first kappa shape index (κ1) is 14.9. The molecule has 2 N–H and O–H groups in total. The third-order valence-corrected chi connectivity index (χ3v) is 3.94. The molecule has 1 heterocycles. The summed E-state index contributed by atoms with van der Waals surface area (Å²) in [6.07, 6.45) is 1.89. The number of carbonyl (C=O) groups is 1. The van der Waals surface area contributed by atoms with Gasteiger partial charge >= 0.3 is 0 Å². The molecule has 1 aliphatic rings. The summed E-state index contributed by atoms with van der Waals surface area (Å²) >= 11 is 0. The fraction of sp³-hybridized carbons (Fsp3) is 0.562. The van der Waals surface area contributed by atoms with Crippen LogP contribution < -0.4 is 15.5 Å². The fourth-order valence-corrected chi connectivity index (χ4v) is 2.67. The van der Waals surface area contributed by atoms with Crippen LogP contribution in [0.3, 0.4) is 0 Å². The van der Waals surface area contributed by atoms with E-state index < -0.39 is 0 Å². The number of benzene rings is 1. The van der Waals surface area contributed by atoms with Crippen LogP contribution in [0.25, 0.3) is 0 Å². The van der Waals surface area contributed by atoms with E-state index in [4.69, 9.17) is 0 Å². The molecule has 20 heavy (non-hydrogen) atoms. The van der Waals surface area contributed by atoms with Crippen LogP contribution in [-0.2, 0) is 4.79 Å². The third kappa shape index (κ3) is 4.23. The minimum absolute atomic E-state index is 0.174. The molecule has 1 fully saturated rings. The molecule has 2 unspecified atom stereocenters. The summed E-state index contributed by atoms with van der Waals surface area (Å²) in [6.45, 7) is 4.62. The van der Waals surface area contributed by atoms with Crippen LogP contribution in [0.4, 0.5) is 5.69 Å².